The van der Waals surface area contributed by atoms with Crippen LogP contribution in [0.4, 0.5) is 0 Å². The van der Waals surface area contributed by atoms with Gasteiger partial charge in [0, 0.05) is 12.0 Å². The summed E-state index contributed by atoms with van der Waals surface area (Å²) in [5.41, 5.74) is 6.81. The monoisotopic (exact) mass is 271 g/mol. The van der Waals surface area contributed by atoms with Crippen molar-refractivity contribution >= 4 is 17.6 Å². The zero-order valence-corrected chi connectivity index (χ0v) is 11.3. The maximum absolute atomic E-state index is 10.9. The summed E-state index contributed by atoms with van der Waals surface area (Å²) in [5, 5.41) is 9.41. The normalized spacial score (nSPS) is 14.0. The minimum atomic E-state index is -0.865. The molecular formula is C13H18ClNO3. The van der Waals surface area contributed by atoms with Gasteiger partial charge in [-0.15, -0.1) is 0 Å². The Kier molecular flexibility index (Phi) is 5.44. The number of hydrogen-bond donors (Lipinski definition) is 2. The Bertz CT molecular complexity index is 423. The Hall–Kier alpha value is -1.26. The Morgan fingerprint density at radius 3 is 2.67 bits per heavy atom. The molecule has 2 unspecified atom stereocenters. The summed E-state index contributed by atoms with van der Waals surface area (Å²) >= 11 is 6.04. The molecule has 1 rings (SSSR count). The van der Waals surface area contributed by atoms with Crippen molar-refractivity contribution in [2.75, 3.05) is 7.11 Å². The lowest BCUT2D eigenvalue weighted by atomic mass is 9.87. The van der Waals surface area contributed by atoms with Crippen molar-refractivity contribution in [2.45, 2.75) is 31.7 Å². The van der Waals surface area contributed by atoms with Crippen molar-refractivity contribution < 1.29 is 14.6 Å². The molecule has 1 aromatic rings. The van der Waals surface area contributed by atoms with Crippen molar-refractivity contribution in [1.29, 1.82) is 0 Å². The molecule has 0 heterocycles. The van der Waals surface area contributed by atoms with Crippen LogP contribution in [-0.4, -0.2) is 24.2 Å². The highest BCUT2D eigenvalue weighted by Crippen LogP contribution is 2.31. The van der Waals surface area contributed by atoms with Gasteiger partial charge in [0.05, 0.1) is 18.6 Å². The van der Waals surface area contributed by atoms with Crippen LogP contribution in [0, 0.1) is 0 Å². The average molecular weight is 272 g/mol. The predicted octanol–water partition coefficient (Wildman–Crippen LogP) is 2.64. The fourth-order valence-electron chi connectivity index (χ4n) is 1.90. The number of aliphatic carboxylic acids is 1. The Morgan fingerprint density at radius 1 is 1.56 bits per heavy atom. The van der Waals surface area contributed by atoms with E-state index in [9.17, 15) is 4.79 Å². The number of methoxy groups -OCH3 is 1. The molecule has 0 aliphatic rings. The molecule has 4 nitrogen and oxygen atoms in total. The number of carboxylic acids is 1. The molecule has 0 saturated carbocycles. The van der Waals surface area contributed by atoms with Crippen LogP contribution in [-0.2, 0) is 4.79 Å². The number of carbonyl (C=O) groups is 1. The number of nitrogens with two attached hydrogens (primary N) is 1. The zero-order chi connectivity index (χ0) is 13.7. The van der Waals surface area contributed by atoms with Crippen LogP contribution in [0.2, 0.25) is 5.02 Å². The molecule has 0 bridgehead atoms. The van der Waals surface area contributed by atoms with E-state index in [0.717, 1.165) is 5.56 Å². The van der Waals surface area contributed by atoms with E-state index in [4.69, 9.17) is 27.2 Å². The van der Waals surface area contributed by atoms with Gasteiger partial charge >= 0.3 is 5.97 Å². The Balaban J connectivity index is 3.04. The lowest BCUT2D eigenvalue weighted by Crippen LogP contribution is -2.29. The first kappa shape index (κ1) is 14.8. The smallest absolute Gasteiger partial charge is 0.304 e. The van der Waals surface area contributed by atoms with Crippen LogP contribution in [0.1, 0.15) is 31.2 Å². The third kappa shape index (κ3) is 3.62. The molecule has 0 saturated heterocycles. The summed E-state index contributed by atoms with van der Waals surface area (Å²) in [5.74, 6) is -0.536. The summed E-state index contributed by atoms with van der Waals surface area (Å²) in [6.45, 7) is 1.94. The van der Waals surface area contributed by atoms with Crippen LogP contribution in [0.25, 0.3) is 0 Å². The summed E-state index contributed by atoms with van der Waals surface area (Å²) in [6.07, 6.45) is 0.708. The maximum Gasteiger partial charge on any atom is 0.304 e. The second-order valence-corrected chi connectivity index (χ2v) is 4.58. The molecule has 0 aliphatic heterocycles. The van der Waals surface area contributed by atoms with E-state index in [1.54, 1.807) is 12.1 Å². The van der Waals surface area contributed by atoms with Gasteiger partial charge in [0.25, 0.3) is 0 Å². The molecule has 0 aromatic heterocycles. The summed E-state index contributed by atoms with van der Waals surface area (Å²) in [4.78, 5) is 10.9. The van der Waals surface area contributed by atoms with Gasteiger partial charge in [0.1, 0.15) is 5.75 Å². The fraction of sp³-hybridized carbons (Fsp3) is 0.462. The molecule has 0 spiro atoms. The van der Waals surface area contributed by atoms with Crippen LogP contribution in [0.15, 0.2) is 18.2 Å². The highest BCUT2D eigenvalue weighted by molar-refractivity contribution is 6.32. The molecule has 18 heavy (non-hydrogen) atoms. The largest absolute Gasteiger partial charge is 0.495 e. The molecule has 0 amide bonds. The first-order valence-electron chi connectivity index (χ1n) is 5.80. The van der Waals surface area contributed by atoms with Gasteiger partial charge < -0.3 is 15.6 Å². The number of hydrogen-bond acceptors (Lipinski definition) is 3. The van der Waals surface area contributed by atoms with Gasteiger partial charge in [-0.2, -0.15) is 0 Å². The second kappa shape index (κ2) is 6.61. The van der Waals surface area contributed by atoms with Crippen molar-refractivity contribution in [1.82, 2.24) is 0 Å². The van der Waals surface area contributed by atoms with Crippen LogP contribution in [0.5, 0.6) is 5.75 Å². The molecule has 3 N–H and O–H groups in total. The fourth-order valence-corrected chi connectivity index (χ4v) is 2.17. The first-order chi connectivity index (χ1) is 8.49. The van der Waals surface area contributed by atoms with Crippen molar-refractivity contribution in [2.24, 2.45) is 5.73 Å². The molecule has 2 atom stereocenters. The number of halogens is 1. The third-order valence-corrected chi connectivity index (χ3v) is 3.28. The van der Waals surface area contributed by atoms with Gasteiger partial charge in [0.15, 0.2) is 0 Å². The van der Waals surface area contributed by atoms with E-state index in [1.165, 1.54) is 7.11 Å². The predicted molar refractivity (Wildman–Crippen MR) is 71.3 cm³/mol. The van der Waals surface area contributed by atoms with E-state index < -0.39 is 5.97 Å². The van der Waals surface area contributed by atoms with Gasteiger partial charge in [-0.3, -0.25) is 4.79 Å². The lowest BCUT2D eigenvalue weighted by Gasteiger charge is -2.22. The molecule has 0 aliphatic carbocycles. The third-order valence-electron chi connectivity index (χ3n) is 2.99. The Labute approximate surface area is 112 Å². The van der Waals surface area contributed by atoms with E-state index in [2.05, 4.69) is 0 Å². The number of rotatable bonds is 6. The van der Waals surface area contributed by atoms with Crippen molar-refractivity contribution in [3.63, 3.8) is 0 Å². The highest BCUT2D eigenvalue weighted by atomic mass is 35.5. The van der Waals surface area contributed by atoms with E-state index >= 15 is 0 Å². The zero-order valence-electron chi connectivity index (χ0n) is 10.5. The van der Waals surface area contributed by atoms with E-state index in [1.807, 2.05) is 13.0 Å². The van der Waals surface area contributed by atoms with Gasteiger partial charge in [-0.25, -0.2) is 0 Å². The summed E-state index contributed by atoms with van der Waals surface area (Å²) in [6, 6.07) is 5.07. The SMILES string of the molecule is CCC(N)C(CC(=O)O)c1ccc(OC)c(Cl)c1. The molecular weight excluding hydrogens is 254 g/mol. The first-order valence-corrected chi connectivity index (χ1v) is 6.18. The van der Waals surface area contributed by atoms with Crippen LogP contribution in [0.3, 0.4) is 0 Å². The van der Waals surface area contributed by atoms with Crippen LogP contribution >= 0.6 is 11.6 Å². The number of carboxylic acid groups (broad SMARTS) is 1. The number of benzene rings is 1. The van der Waals surface area contributed by atoms with Crippen molar-refractivity contribution in [3.05, 3.63) is 28.8 Å². The second-order valence-electron chi connectivity index (χ2n) is 4.17. The standard InChI is InChI=1S/C13H18ClNO3/c1-3-11(15)9(7-13(16)17)8-4-5-12(18-2)10(14)6-8/h4-6,9,11H,3,7,15H2,1-2H3,(H,16,17). The number of ether oxygens (including phenoxy) is 1. The van der Waals surface area contributed by atoms with E-state index in [0.29, 0.717) is 17.2 Å². The van der Waals surface area contributed by atoms with E-state index in [-0.39, 0.29) is 18.4 Å². The minimum Gasteiger partial charge on any atom is -0.495 e. The quantitative estimate of drug-likeness (QED) is 0.834. The average Bonchev–Trinajstić information content (AvgIpc) is 2.34. The summed E-state index contributed by atoms with van der Waals surface area (Å²) < 4.78 is 5.07. The van der Waals surface area contributed by atoms with Gasteiger partial charge in [-0.1, -0.05) is 24.6 Å². The molecule has 5 heteroatoms. The summed E-state index contributed by atoms with van der Waals surface area (Å²) in [7, 11) is 1.54. The van der Waals surface area contributed by atoms with Crippen LogP contribution < -0.4 is 10.5 Å². The molecule has 100 valence electrons. The molecule has 0 radical (unpaired) electrons. The lowest BCUT2D eigenvalue weighted by molar-refractivity contribution is -0.137. The maximum atomic E-state index is 10.9. The van der Waals surface area contributed by atoms with Gasteiger partial charge in [-0.05, 0) is 24.1 Å². The Morgan fingerprint density at radius 2 is 2.22 bits per heavy atom. The molecule has 1 aromatic carbocycles. The topological polar surface area (TPSA) is 72.6 Å². The highest BCUT2D eigenvalue weighted by Gasteiger charge is 2.22. The molecule has 0 fully saturated rings. The van der Waals surface area contributed by atoms with Crippen molar-refractivity contribution in [3.8, 4) is 5.75 Å². The minimum absolute atomic E-state index is 0.00232. The van der Waals surface area contributed by atoms with Gasteiger partial charge in [0.2, 0.25) is 0 Å².